The molecule has 0 saturated heterocycles. The molecule has 2 heteroatoms. The molecule has 0 unspecified atom stereocenters. The van der Waals surface area contributed by atoms with Crippen molar-refractivity contribution in [3.8, 4) is 0 Å². The predicted molar refractivity (Wildman–Crippen MR) is 39.6 cm³/mol. The first-order valence-corrected chi connectivity index (χ1v) is 3.32. The lowest BCUT2D eigenvalue weighted by atomic mass is 10.1. The molecule has 0 saturated carbocycles. The van der Waals surface area contributed by atoms with Crippen LogP contribution in [0.3, 0.4) is 0 Å². The molecule has 0 fully saturated rings. The van der Waals surface area contributed by atoms with Crippen LogP contribution in [0, 0.1) is 5.92 Å². The summed E-state index contributed by atoms with van der Waals surface area (Å²) >= 11 is 0. The Balaban J connectivity index is 3.81. The second-order valence-corrected chi connectivity index (χ2v) is 2.27. The molecule has 0 bridgehead atoms. The first-order chi connectivity index (χ1) is 4.22. The standard InChI is InChI=1S/C7H15NO/c1-5-7(6(2)3)8-9-4/h6H,5H2,1-4H3. The summed E-state index contributed by atoms with van der Waals surface area (Å²) in [7, 11) is 1.58. The fourth-order valence-corrected chi connectivity index (χ4v) is 0.695. The van der Waals surface area contributed by atoms with E-state index in [4.69, 9.17) is 0 Å². The Bertz CT molecular complexity index is 97.1. The molecule has 0 radical (unpaired) electrons. The molecule has 2 nitrogen and oxygen atoms in total. The summed E-state index contributed by atoms with van der Waals surface area (Å²) in [6, 6.07) is 0. The zero-order valence-corrected chi connectivity index (χ0v) is 6.64. The van der Waals surface area contributed by atoms with E-state index in [9.17, 15) is 0 Å². The van der Waals surface area contributed by atoms with Gasteiger partial charge in [-0.15, -0.1) is 0 Å². The Morgan fingerprint density at radius 1 is 1.56 bits per heavy atom. The Morgan fingerprint density at radius 3 is 2.22 bits per heavy atom. The van der Waals surface area contributed by atoms with E-state index in [1.807, 2.05) is 0 Å². The van der Waals surface area contributed by atoms with Crippen molar-refractivity contribution in [1.82, 2.24) is 0 Å². The molecule has 0 atom stereocenters. The average molecular weight is 129 g/mol. The monoisotopic (exact) mass is 129 g/mol. The normalized spacial score (nSPS) is 12.3. The van der Waals surface area contributed by atoms with Crippen LogP contribution in [0.15, 0.2) is 5.16 Å². The quantitative estimate of drug-likeness (QED) is 0.422. The summed E-state index contributed by atoms with van der Waals surface area (Å²) in [5.41, 5.74) is 1.12. The van der Waals surface area contributed by atoms with Crippen LogP contribution in [-0.4, -0.2) is 12.8 Å². The zero-order chi connectivity index (χ0) is 7.28. The van der Waals surface area contributed by atoms with Crippen LogP contribution in [0.25, 0.3) is 0 Å². The largest absolute Gasteiger partial charge is 0.399 e. The Labute approximate surface area is 56.9 Å². The van der Waals surface area contributed by atoms with Gasteiger partial charge in [0.15, 0.2) is 0 Å². The van der Waals surface area contributed by atoms with Gasteiger partial charge in [0.2, 0.25) is 0 Å². The maximum absolute atomic E-state index is 4.64. The highest BCUT2D eigenvalue weighted by Gasteiger charge is 2.00. The van der Waals surface area contributed by atoms with Crippen LogP contribution >= 0.6 is 0 Å². The van der Waals surface area contributed by atoms with Crippen molar-refractivity contribution in [2.24, 2.45) is 11.1 Å². The summed E-state index contributed by atoms with van der Waals surface area (Å²) in [5, 5.41) is 3.86. The van der Waals surface area contributed by atoms with E-state index in [0.29, 0.717) is 5.92 Å². The van der Waals surface area contributed by atoms with Gasteiger partial charge in [-0.25, -0.2) is 0 Å². The molecule has 0 N–H and O–H groups in total. The van der Waals surface area contributed by atoms with E-state index in [1.54, 1.807) is 7.11 Å². The molecule has 0 aliphatic rings. The van der Waals surface area contributed by atoms with Crippen molar-refractivity contribution in [3.05, 3.63) is 0 Å². The first-order valence-electron chi connectivity index (χ1n) is 3.32. The van der Waals surface area contributed by atoms with Crippen molar-refractivity contribution in [2.75, 3.05) is 7.11 Å². The van der Waals surface area contributed by atoms with Gasteiger partial charge < -0.3 is 4.84 Å². The molecular weight excluding hydrogens is 114 g/mol. The fourth-order valence-electron chi connectivity index (χ4n) is 0.695. The van der Waals surface area contributed by atoms with Crippen molar-refractivity contribution in [3.63, 3.8) is 0 Å². The van der Waals surface area contributed by atoms with Gasteiger partial charge in [0.1, 0.15) is 7.11 Å². The van der Waals surface area contributed by atoms with Gasteiger partial charge in [-0.05, 0) is 12.3 Å². The van der Waals surface area contributed by atoms with Gasteiger partial charge in [0, 0.05) is 0 Å². The second kappa shape index (κ2) is 4.36. The first kappa shape index (κ1) is 8.47. The van der Waals surface area contributed by atoms with E-state index in [-0.39, 0.29) is 0 Å². The average Bonchev–Trinajstić information content (AvgIpc) is 1.82. The Hall–Kier alpha value is -0.530. The van der Waals surface area contributed by atoms with E-state index >= 15 is 0 Å². The molecule has 0 aromatic carbocycles. The van der Waals surface area contributed by atoms with E-state index in [0.717, 1.165) is 12.1 Å². The summed E-state index contributed by atoms with van der Waals surface area (Å²) < 4.78 is 0. The van der Waals surface area contributed by atoms with Crippen LogP contribution in [0.4, 0.5) is 0 Å². The predicted octanol–water partition coefficient (Wildman–Crippen LogP) is 2.05. The Kier molecular flexibility index (Phi) is 4.10. The lowest BCUT2D eigenvalue weighted by Crippen LogP contribution is -2.05. The third-order valence-electron chi connectivity index (χ3n) is 1.24. The maximum atomic E-state index is 4.64. The molecule has 0 aliphatic carbocycles. The lowest BCUT2D eigenvalue weighted by molar-refractivity contribution is 0.210. The number of nitrogens with zero attached hydrogens (tertiary/aromatic N) is 1. The van der Waals surface area contributed by atoms with E-state index in [1.165, 1.54) is 0 Å². The SMILES string of the molecule is CCC(=NOC)C(C)C. The van der Waals surface area contributed by atoms with Crippen LogP contribution in [0.2, 0.25) is 0 Å². The highest BCUT2D eigenvalue weighted by molar-refractivity contribution is 5.85. The van der Waals surface area contributed by atoms with Gasteiger partial charge in [0.25, 0.3) is 0 Å². The summed E-state index contributed by atoms with van der Waals surface area (Å²) in [5.74, 6) is 0.509. The van der Waals surface area contributed by atoms with Gasteiger partial charge in [-0.3, -0.25) is 0 Å². The van der Waals surface area contributed by atoms with Crippen LogP contribution in [0.1, 0.15) is 27.2 Å². The number of hydrogen-bond acceptors (Lipinski definition) is 2. The molecule has 0 spiro atoms. The molecular formula is C7H15NO. The summed E-state index contributed by atoms with van der Waals surface area (Å²) in [6.45, 7) is 6.31. The third kappa shape index (κ3) is 3.12. The van der Waals surface area contributed by atoms with Gasteiger partial charge in [0.05, 0.1) is 5.71 Å². The number of hydrogen-bond donors (Lipinski definition) is 0. The minimum Gasteiger partial charge on any atom is -0.399 e. The Morgan fingerprint density at radius 2 is 2.11 bits per heavy atom. The molecule has 54 valence electrons. The van der Waals surface area contributed by atoms with E-state index < -0.39 is 0 Å². The molecule has 0 amide bonds. The second-order valence-electron chi connectivity index (χ2n) is 2.27. The molecule has 0 rings (SSSR count). The molecule has 0 aromatic rings. The summed E-state index contributed by atoms with van der Waals surface area (Å²) in [6.07, 6.45) is 0.978. The molecule has 9 heavy (non-hydrogen) atoms. The topological polar surface area (TPSA) is 21.6 Å². The van der Waals surface area contributed by atoms with Crippen LogP contribution < -0.4 is 0 Å². The third-order valence-corrected chi connectivity index (χ3v) is 1.24. The molecule has 0 aliphatic heterocycles. The van der Waals surface area contributed by atoms with Gasteiger partial charge >= 0.3 is 0 Å². The van der Waals surface area contributed by atoms with Crippen LogP contribution in [-0.2, 0) is 4.84 Å². The summed E-state index contributed by atoms with van der Waals surface area (Å²) in [4.78, 5) is 4.64. The highest BCUT2D eigenvalue weighted by atomic mass is 16.6. The maximum Gasteiger partial charge on any atom is 0.106 e. The van der Waals surface area contributed by atoms with Crippen molar-refractivity contribution in [1.29, 1.82) is 0 Å². The van der Waals surface area contributed by atoms with Crippen LogP contribution in [0.5, 0.6) is 0 Å². The minimum absolute atomic E-state index is 0.509. The lowest BCUT2D eigenvalue weighted by Gasteiger charge is -2.04. The molecule has 0 aromatic heterocycles. The van der Waals surface area contributed by atoms with E-state index in [2.05, 4.69) is 30.8 Å². The zero-order valence-electron chi connectivity index (χ0n) is 6.64. The molecule has 0 heterocycles. The van der Waals surface area contributed by atoms with Gasteiger partial charge in [-0.2, -0.15) is 0 Å². The number of oxime groups is 1. The van der Waals surface area contributed by atoms with Gasteiger partial charge in [-0.1, -0.05) is 25.9 Å². The highest BCUT2D eigenvalue weighted by Crippen LogP contribution is 2.00. The van der Waals surface area contributed by atoms with Crippen molar-refractivity contribution < 1.29 is 4.84 Å². The van der Waals surface area contributed by atoms with Crippen molar-refractivity contribution in [2.45, 2.75) is 27.2 Å². The fraction of sp³-hybridized carbons (Fsp3) is 0.857. The van der Waals surface area contributed by atoms with Crippen molar-refractivity contribution >= 4 is 5.71 Å². The number of rotatable bonds is 3. The smallest absolute Gasteiger partial charge is 0.106 e. The minimum atomic E-state index is 0.509.